The number of aliphatic hydroxyl groups excluding tert-OH is 1. The van der Waals surface area contributed by atoms with Crippen molar-refractivity contribution in [3.63, 3.8) is 0 Å². The lowest BCUT2D eigenvalue weighted by Crippen LogP contribution is -2.33. The third-order valence-corrected chi connectivity index (χ3v) is 4.32. The summed E-state index contributed by atoms with van der Waals surface area (Å²) in [6.07, 6.45) is 3.84. The molecule has 0 spiro atoms. The Morgan fingerprint density at radius 2 is 2.32 bits per heavy atom. The fourth-order valence-electron chi connectivity index (χ4n) is 3.03. The van der Waals surface area contributed by atoms with E-state index in [9.17, 15) is 5.11 Å². The van der Waals surface area contributed by atoms with Gasteiger partial charge in [-0.3, -0.25) is 0 Å². The number of rotatable bonds is 2. The minimum absolute atomic E-state index is 0.301. The summed E-state index contributed by atoms with van der Waals surface area (Å²) in [5.41, 5.74) is 2.09. The lowest BCUT2D eigenvalue weighted by Gasteiger charge is -2.27. The molecule has 0 amide bonds. The van der Waals surface area contributed by atoms with Gasteiger partial charge in [0.2, 0.25) is 0 Å². The molecule has 2 N–H and O–H groups in total. The van der Waals surface area contributed by atoms with E-state index in [1.807, 2.05) is 36.0 Å². The highest BCUT2D eigenvalue weighted by Crippen LogP contribution is 2.33. The van der Waals surface area contributed by atoms with Crippen LogP contribution in [-0.2, 0) is 7.05 Å². The van der Waals surface area contributed by atoms with Gasteiger partial charge in [0.25, 0.3) is 0 Å². The van der Waals surface area contributed by atoms with Crippen LogP contribution in [0.25, 0.3) is 10.9 Å². The van der Waals surface area contributed by atoms with Gasteiger partial charge in [0.1, 0.15) is 0 Å². The van der Waals surface area contributed by atoms with E-state index in [0.717, 1.165) is 47.4 Å². The van der Waals surface area contributed by atoms with Crippen molar-refractivity contribution in [1.29, 1.82) is 0 Å². The van der Waals surface area contributed by atoms with E-state index in [1.165, 1.54) is 0 Å². The second-order valence-electron chi connectivity index (χ2n) is 5.41. The second-order valence-corrected chi connectivity index (χ2v) is 5.84. The summed E-state index contributed by atoms with van der Waals surface area (Å²) in [6, 6.07) is 5.85. The van der Waals surface area contributed by atoms with E-state index in [2.05, 4.69) is 5.32 Å². The number of nitrogens with zero attached hydrogens (tertiary/aromatic N) is 1. The van der Waals surface area contributed by atoms with E-state index in [0.29, 0.717) is 5.92 Å². The van der Waals surface area contributed by atoms with Crippen LogP contribution in [0.2, 0.25) is 5.02 Å². The van der Waals surface area contributed by atoms with Gasteiger partial charge in [-0.15, -0.1) is 0 Å². The molecule has 0 saturated carbocycles. The van der Waals surface area contributed by atoms with Gasteiger partial charge in [-0.2, -0.15) is 0 Å². The molecule has 19 heavy (non-hydrogen) atoms. The monoisotopic (exact) mass is 278 g/mol. The van der Waals surface area contributed by atoms with Crippen molar-refractivity contribution in [2.24, 2.45) is 13.0 Å². The summed E-state index contributed by atoms with van der Waals surface area (Å²) < 4.78 is 2.04. The first-order valence-corrected chi connectivity index (χ1v) is 7.18. The molecular weight excluding hydrogens is 260 g/mol. The predicted octanol–water partition coefficient (Wildman–Crippen LogP) is 2.86. The second kappa shape index (κ2) is 5.16. The lowest BCUT2D eigenvalue weighted by molar-refractivity contribution is 0.0933. The Morgan fingerprint density at radius 3 is 3.05 bits per heavy atom. The van der Waals surface area contributed by atoms with Gasteiger partial charge in [-0.25, -0.2) is 0 Å². The third-order valence-electron chi connectivity index (χ3n) is 4.08. The zero-order chi connectivity index (χ0) is 13.4. The minimum atomic E-state index is -0.405. The fourth-order valence-corrected chi connectivity index (χ4v) is 3.19. The number of fused-ring (bicyclic) bond motifs is 1. The Labute approximate surface area is 118 Å². The molecule has 2 heterocycles. The maximum atomic E-state index is 10.6. The zero-order valence-electron chi connectivity index (χ0n) is 11.1. The summed E-state index contributed by atoms with van der Waals surface area (Å²) in [4.78, 5) is 0. The van der Waals surface area contributed by atoms with Crippen molar-refractivity contribution < 1.29 is 5.11 Å². The average Bonchev–Trinajstić information content (AvgIpc) is 2.76. The molecule has 102 valence electrons. The highest BCUT2D eigenvalue weighted by Gasteiger charge is 2.25. The van der Waals surface area contributed by atoms with Crippen LogP contribution in [-0.4, -0.2) is 22.8 Å². The van der Waals surface area contributed by atoms with Gasteiger partial charge >= 0.3 is 0 Å². The van der Waals surface area contributed by atoms with Crippen molar-refractivity contribution in [3.05, 3.63) is 35.0 Å². The first-order valence-electron chi connectivity index (χ1n) is 6.80. The maximum absolute atomic E-state index is 10.6. The fraction of sp³-hybridized carbons (Fsp3) is 0.467. The van der Waals surface area contributed by atoms with E-state index in [1.54, 1.807) is 0 Å². The molecule has 1 aliphatic heterocycles. The van der Waals surface area contributed by atoms with E-state index >= 15 is 0 Å². The predicted molar refractivity (Wildman–Crippen MR) is 78.5 cm³/mol. The Balaban J connectivity index is 2.00. The largest absolute Gasteiger partial charge is 0.388 e. The summed E-state index contributed by atoms with van der Waals surface area (Å²) in [7, 11) is 1.99. The van der Waals surface area contributed by atoms with E-state index < -0.39 is 6.10 Å². The van der Waals surface area contributed by atoms with Crippen LogP contribution in [0.4, 0.5) is 0 Å². The number of hydrogen-bond acceptors (Lipinski definition) is 2. The number of piperidine rings is 1. The molecule has 3 nitrogen and oxygen atoms in total. The van der Waals surface area contributed by atoms with Crippen molar-refractivity contribution in [3.8, 4) is 0 Å². The normalized spacial score (nSPS) is 21.7. The van der Waals surface area contributed by atoms with Crippen LogP contribution < -0.4 is 5.32 Å². The molecule has 0 aliphatic carbocycles. The number of aromatic nitrogens is 1. The van der Waals surface area contributed by atoms with Gasteiger partial charge in [0, 0.05) is 47.2 Å². The molecule has 2 atom stereocenters. The molecule has 3 rings (SSSR count). The molecular formula is C15H19ClN2O. The number of nitrogens with one attached hydrogen (secondary N) is 1. The number of aliphatic hydroxyl groups is 1. The van der Waals surface area contributed by atoms with E-state index in [4.69, 9.17) is 11.6 Å². The first-order chi connectivity index (χ1) is 9.16. The number of halogens is 1. The zero-order valence-corrected chi connectivity index (χ0v) is 11.8. The summed E-state index contributed by atoms with van der Waals surface area (Å²) in [6.45, 7) is 1.96. The van der Waals surface area contributed by atoms with Crippen LogP contribution in [0, 0.1) is 5.92 Å². The molecule has 1 fully saturated rings. The van der Waals surface area contributed by atoms with Crippen molar-refractivity contribution in [2.45, 2.75) is 18.9 Å². The molecule has 1 aliphatic rings. The minimum Gasteiger partial charge on any atom is -0.388 e. The Morgan fingerprint density at radius 1 is 1.47 bits per heavy atom. The Kier molecular flexibility index (Phi) is 3.52. The van der Waals surface area contributed by atoms with Crippen LogP contribution in [0.1, 0.15) is 24.5 Å². The average molecular weight is 279 g/mol. The lowest BCUT2D eigenvalue weighted by atomic mass is 9.89. The Hall–Kier alpha value is -1.03. The van der Waals surface area contributed by atoms with Gasteiger partial charge in [-0.1, -0.05) is 17.7 Å². The number of aryl methyl sites for hydroxylation is 1. The summed E-state index contributed by atoms with van der Waals surface area (Å²) in [5.74, 6) is 0.301. The molecule has 0 radical (unpaired) electrons. The van der Waals surface area contributed by atoms with Crippen LogP contribution >= 0.6 is 11.6 Å². The van der Waals surface area contributed by atoms with Gasteiger partial charge in [-0.05, 0) is 31.5 Å². The van der Waals surface area contributed by atoms with Crippen LogP contribution in [0.3, 0.4) is 0 Å². The molecule has 1 aromatic heterocycles. The summed E-state index contributed by atoms with van der Waals surface area (Å²) >= 11 is 6.04. The smallest absolute Gasteiger partial charge is 0.0851 e. The van der Waals surface area contributed by atoms with Crippen molar-refractivity contribution in [1.82, 2.24) is 9.88 Å². The molecule has 1 aromatic carbocycles. The SMILES string of the molecule is Cn1cc(C(O)C2CCCNC2)c2ccc(Cl)cc21. The quantitative estimate of drug-likeness (QED) is 0.886. The molecule has 2 aromatic rings. The maximum Gasteiger partial charge on any atom is 0.0851 e. The Bertz CT molecular complexity index is 587. The first kappa shape index (κ1) is 13.0. The van der Waals surface area contributed by atoms with Crippen LogP contribution in [0.5, 0.6) is 0 Å². The van der Waals surface area contributed by atoms with Gasteiger partial charge < -0.3 is 15.0 Å². The van der Waals surface area contributed by atoms with Crippen LogP contribution in [0.15, 0.2) is 24.4 Å². The topological polar surface area (TPSA) is 37.2 Å². The van der Waals surface area contributed by atoms with E-state index in [-0.39, 0.29) is 0 Å². The highest BCUT2D eigenvalue weighted by atomic mass is 35.5. The molecule has 0 bridgehead atoms. The standard InChI is InChI=1S/C15H19ClN2O/c1-18-9-13(12-5-4-11(16)7-14(12)18)15(19)10-3-2-6-17-8-10/h4-5,7,9-10,15,17,19H,2-3,6,8H2,1H3. The van der Waals surface area contributed by atoms with Gasteiger partial charge in [0.15, 0.2) is 0 Å². The molecule has 2 unspecified atom stereocenters. The third kappa shape index (κ3) is 2.38. The van der Waals surface area contributed by atoms with Gasteiger partial charge in [0.05, 0.1) is 6.10 Å². The highest BCUT2D eigenvalue weighted by molar-refractivity contribution is 6.31. The van der Waals surface area contributed by atoms with Crippen molar-refractivity contribution in [2.75, 3.05) is 13.1 Å². The summed E-state index contributed by atoms with van der Waals surface area (Å²) in [5, 5.41) is 15.8. The van der Waals surface area contributed by atoms with Crippen molar-refractivity contribution >= 4 is 22.5 Å². The number of benzene rings is 1. The molecule has 1 saturated heterocycles. The molecule has 4 heteroatoms. The number of hydrogen-bond donors (Lipinski definition) is 2.